The van der Waals surface area contributed by atoms with Gasteiger partial charge in [0.25, 0.3) is 0 Å². The van der Waals surface area contributed by atoms with E-state index in [9.17, 15) is 28.9 Å². The molecule has 12 heteroatoms. The first-order valence-electron chi connectivity index (χ1n) is 27.1. The summed E-state index contributed by atoms with van der Waals surface area (Å²) < 4.78 is 39.2. The van der Waals surface area contributed by atoms with Crippen molar-refractivity contribution in [3.63, 3.8) is 0 Å². The number of aliphatic hydroxyl groups is 1. The van der Waals surface area contributed by atoms with Crippen molar-refractivity contribution in [2.75, 3.05) is 26.4 Å². The number of hydrogen-bond donors (Lipinski definition) is 2. The van der Waals surface area contributed by atoms with Crippen molar-refractivity contribution in [1.29, 1.82) is 0 Å². The minimum Gasteiger partial charge on any atom is -0.462 e. The number of carbonyl (C=O) groups is 3. The van der Waals surface area contributed by atoms with Crippen LogP contribution in [0.2, 0.25) is 0 Å². The smallest absolute Gasteiger partial charge is 0.462 e. The second-order valence-corrected chi connectivity index (χ2v) is 18.7. The Morgan fingerprint density at radius 2 is 0.792 bits per heavy atom. The lowest BCUT2D eigenvalue weighted by Crippen LogP contribution is -2.30. The average molecular weight is 1020 g/mol. The molecule has 0 aliphatic rings. The highest BCUT2D eigenvalue weighted by Gasteiger charge is 2.28. The first-order chi connectivity index (χ1) is 35.2. The molecule has 2 N–H and O–H groups in total. The topological polar surface area (TPSA) is 155 Å². The standard InChI is InChI=1S/C60H95O11P/c1-4-7-10-13-16-19-22-25-27-28-30-33-36-39-42-45-48-51-60(64)71-57(53-67-58(62)49-46-43-40-37-34-31-24-21-18-15-12-9-6-3)55-69-72(65,66)68-54-56(52-61)70-59(63)50-47-44-41-38-35-32-29-26-23-20-17-14-11-8-5-2/h7-8,10-11,16-17,19-21,24-27,29-30,33,35,38-39,42,44,47,56-57,61H,4-6,9,12-15,18,22-23,28,31-32,34,36-37,40-41,43,45-46,48-55H2,1-3H3,(H,65,66)/b10-7-,11-8-,19-16-,20-17-,24-21-,27-25-,29-26-,33-30-,38-35-,42-39-,47-44-. The van der Waals surface area contributed by atoms with Crippen molar-refractivity contribution in [3.05, 3.63) is 134 Å². The third kappa shape index (κ3) is 50.6. The fraction of sp³-hybridized carbons (Fsp3) is 0.583. The van der Waals surface area contributed by atoms with E-state index in [1.54, 1.807) is 6.08 Å². The van der Waals surface area contributed by atoms with Crippen LogP contribution in [0.4, 0.5) is 0 Å². The van der Waals surface area contributed by atoms with Gasteiger partial charge in [0.2, 0.25) is 0 Å². The third-order valence-electron chi connectivity index (χ3n) is 10.6. The number of hydrogen-bond acceptors (Lipinski definition) is 10. The molecule has 0 aromatic carbocycles. The van der Waals surface area contributed by atoms with E-state index in [1.807, 2.05) is 30.4 Å². The molecular formula is C60H95O11P. The molecule has 0 spiro atoms. The summed E-state index contributed by atoms with van der Waals surface area (Å²) >= 11 is 0. The highest BCUT2D eigenvalue weighted by molar-refractivity contribution is 7.47. The number of aliphatic hydroxyl groups excluding tert-OH is 1. The summed E-state index contributed by atoms with van der Waals surface area (Å²) in [4.78, 5) is 48.3. The van der Waals surface area contributed by atoms with Crippen LogP contribution in [0.1, 0.15) is 188 Å². The minimum atomic E-state index is -4.79. The fourth-order valence-corrected chi connectivity index (χ4v) is 7.30. The van der Waals surface area contributed by atoms with Gasteiger partial charge in [0.05, 0.1) is 26.2 Å². The zero-order valence-electron chi connectivity index (χ0n) is 44.6. The summed E-state index contributed by atoms with van der Waals surface area (Å²) in [5.74, 6) is -1.70. The number of phosphoric ester groups is 1. The van der Waals surface area contributed by atoms with Gasteiger partial charge in [-0.25, -0.2) is 4.57 Å². The van der Waals surface area contributed by atoms with E-state index >= 15 is 0 Å². The van der Waals surface area contributed by atoms with Crippen molar-refractivity contribution < 1.29 is 52.2 Å². The van der Waals surface area contributed by atoms with E-state index in [1.165, 1.54) is 25.7 Å². The van der Waals surface area contributed by atoms with Gasteiger partial charge in [-0.05, 0) is 109 Å². The van der Waals surface area contributed by atoms with Gasteiger partial charge in [-0.3, -0.25) is 23.4 Å². The number of ether oxygens (including phenoxy) is 3. The van der Waals surface area contributed by atoms with E-state index in [0.29, 0.717) is 25.7 Å². The van der Waals surface area contributed by atoms with Crippen LogP contribution < -0.4 is 0 Å². The molecule has 0 rings (SSSR count). The maximum absolute atomic E-state index is 12.9. The lowest BCUT2D eigenvalue weighted by Gasteiger charge is -2.21. The molecule has 0 aliphatic carbocycles. The zero-order chi connectivity index (χ0) is 52.7. The van der Waals surface area contributed by atoms with Gasteiger partial charge in [0, 0.05) is 12.8 Å². The van der Waals surface area contributed by atoms with E-state index in [0.717, 1.165) is 96.3 Å². The maximum atomic E-state index is 12.9. The predicted octanol–water partition coefficient (Wildman–Crippen LogP) is 15.8. The Balaban J connectivity index is 4.94. The predicted molar refractivity (Wildman–Crippen MR) is 297 cm³/mol. The Labute approximate surface area is 436 Å². The molecule has 0 saturated heterocycles. The summed E-state index contributed by atoms with van der Waals surface area (Å²) in [6, 6.07) is 0. The Morgan fingerprint density at radius 1 is 0.417 bits per heavy atom. The SMILES string of the molecule is CC/C=C\C/C=C\C/C=C\C/C=C\C/C=C\CCCC(=O)OC(COC(=O)CCCCCCC/C=C\CCCCCC)COP(=O)(O)OCC(CO)OC(=O)C/C=C\C/C=C\C/C=C\C/C=C\C/C=C\CC. The molecule has 0 fully saturated rings. The van der Waals surface area contributed by atoms with Gasteiger partial charge in [-0.1, -0.05) is 193 Å². The number of unbranched alkanes of at least 4 members (excludes halogenated alkanes) is 10. The summed E-state index contributed by atoms with van der Waals surface area (Å²) in [5, 5.41) is 9.77. The molecule has 406 valence electrons. The minimum absolute atomic E-state index is 0.0669. The van der Waals surface area contributed by atoms with Crippen molar-refractivity contribution in [1.82, 2.24) is 0 Å². The van der Waals surface area contributed by atoms with Gasteiger partial charge in [0.1, 0.15) is 12.7 Å². The average Bonchev–Trinajstić information content (AvgIpc) is 3.37. The van der Waals surface area contributed by atoms with Crippen LogP contribution in [0.3, 0.4) is 0 Å². The first kappa shape index (κ1) is 67.6. The van der Waals surface area contributed by atoms with Crippen LogP contribution in [0.15, 0.2) is 134 Å². The van der Waals surface area contributed by atoms with Gasteiger partial charge >= 0.3 is 25.7 Å². The zero-order valence-corrected chi connectivity index (χ0v) is 45.5. The van der Waals surface area contributed by atoms with Crippen molar-refractivity contribution in [2.45, 2.75) is 200 Å². The largest absolute Gasteiger partial charge is 0.472 e. The molecule has 0 amide bonds. The molecule has 3 unspecified atom stereocenters. The van der Waals surface area contributed by atoms with E-state index in [4.69, 9.17) is 23.3 Å². The summed E-state index contributed by atoms with van der Waals surface area (Å²) in [5.41, 5.74) is 0. The van der Waals surface area contributed by atoms with E-state index < -0.39 is 57.8 Å². The van der Waals surface area contributed by atoms with Crippen molar-refractivity contribution in [3.8, 4) is 0 Å². The summed E-state index contributed by atoms with van der Waals surface area (Å²) in [6.07, 6.45) is 66.0. The van der Waals surface area contributed by atoms with Crippen LogP contribution in [0.5, 0.6) is 0 Å². The molecule has 0 bridgehead atoms. The Hall–Kier alpha value is -4.38. The number of rotatable bonds is 48. The van der Waals surface area contributed by atoms with E-state index in [-0.39, 0.29) is 25.9 Å². The quantitative estimate of drug-likeness (QED) is 0.0197. The van der Waals surface area contributed by atoms with Crippen LogP contribution >= 0.6 is 7.82 Å². The van der Waals surface area contributed by atoms with Gasteiger partial charge < -0.3 is 24.2 Å². The number of phosphoric acid groups is 1. The van der Waals surface area contributed by atoms with Crippen LogP contribution in [0.25, 0.3) is 0 Å². The third-order valence-corrected chi connectivity index (χ3v) is 11.5. The number of allylic oxidation sites excluding steroid dienone is 21. The van der Waals surface area contributed by atoms with Crippen LogP contribution in [0, 0.1) is 0 Å². The molecule has 0 saturated carbocycles. The molecule has 0 aliphatic heterocycles. The molecule has 72 heavy (non-hydrogen) atoms. The normalized spacial score (nSPS) is 14.5. The van der Waals surface area contributed by atoms with Crippen molar-refractivity contribution >= 4 is 25.7 Å². The second kappa shape index (κ2) is 52.9. The van der Waals surface area contributed by atoms with Crippen LogP contribution in [-0.2, 0) is 42.2 Å². The van der Waals surface area contributed by atoms with Gasteiger partial charge in [0.15, 0.2) is 6.10 Å². The number of esters is 3. The van der Waals surface area contributed by atoms with Crippen molar-refractivity contribution in [2.24, 2.45) is 0 Å². The highest BCUT2D eigenvalue weighted by Crippen LogP contribution is 2.43. The Morgan fingerprint density at radius 3 is 1.28 bits per heavy atom. The lowest BCUT2D eigenvalue weighted by atomic mass is 10.1. The Kier molecular flexibility index (Phi) is 49.7. The first-order valence-corrected chi connectivity index (χ1v) is 28.6. The molecule has 0 heterocycles. The highest BCUT2D eigenvalue weighted by atomic mass is 31.2. The van der Waals surface area contributed by atoms with E-state index in [2.05, 4.69) is 118 Å². The molecule has 11 nitrogen and oxygen atoms in total. The monoisotopic (exact) mass is 1020 g/mol. The van der Waals surface area contributed by atoms with Gasteiger partial charge in [-0.2, -0.15) is 0 Å². The summed E-state index contributed by atoms with van der Waals surface area (Å²) in [6.45, 7) is 4.18. The lowest BCUT2D eigenvalue weighted by molar-refractivity contribution is -0.161. The number of carbonyl (C=O) groups excluding carboxylic acids is 3. The molecule has 0 aromatic heterocycles. The van der Waals surface area contributed by atoms with Crippen LogP contribution in [-0.4, -0.2) is 66.5 Å². The molecule has 0 aromatic rings. The second-order valence-electron chi connectivity index (χ2n) is 17.3. The summed E-state index contributed by atoms with van der Waals surface area (Å²) in [7, 11) is -4.79. The Bertz CT molecular complexity index is 1710. The molecule has 3 atom stereocenters. The molecular weight excluding hydrogens is 928 g/mol. The fourth-order valence-electron chi connectivity index (χ4n) is 6.52. The van der Waals surface area contributed by atoms with Gasteiger partial charge in [-0.15, -0.1) is 0 Å². The molecule has 0 radical (unpaired) electrons. The maximum Gasteiger partial charge on any atom is 0.472 e.